The molecular weight excluding hydrogens is 270 g/mol. The fourth-order valence-corrected chi connectivity index (χ4v) is 1.91. The number of nitrogens with one attached hydrogen (secondary N) is 1. The molecule has 0 saturated heterocycles. The molecule has 1 rings (SSSR count). The van der Waals surface area contributed by atoms with E-state index < -0.39 is 0 Å². The summed E-state index contributed by atoms with van der Waals surface area (Å²) >= 11 is 3.50. The number of hydrogen-bond donors (Lipinski definition) is 2. The van der Waals surface area contributed by atoms with E-state index in [2.05, 4.69) is 21.2 Å². The molecule has 1 atom stereocenters. The van der Waals surface area contributed by atoms with Crippen LogP contribution in [0.4, 0.5) is 5.69 Å². The summed E-state index contributed by atoms with van der Waals surface area (Å²) in [6, 6.07) is 5.99. The highest BCUT2D eigenvalue weighted by molar-refractivity contribution is 9.10. The highest BCUT2D eigenvalue weighted by Crippen LogP contribution is 2.25. The van der Waals surface area contributed by atoms with Crippen LogP contribution in [0.1, 0.15) is 18.9 Å². The van der Waals surface area contributed by atoms with Crippen LogP contribution in [0.15, 0.2) is 22.7 Å². The Labute approximate surface area is 105 Å². The molecule has 0 radical (unpaired) electrons. The van der Waals surface area contributed by atoms with E-state index in [1.54, 1.807) is 14.0 Å². The van der Waals surface area contributed by atoms with Gasteiger partial charge < -0.3 is 15.2 Å². The first-order chi connectivity index (χ1) is 7.65. The predicted molar refractivity (Wildman–Crippen MR) is 69.6 cm³/mol. The van der Waals surface area contributed by atoms with Crippen molar-refractivity contribution in [3.63, 3.8) is 0 Å². The van der Waals surface area contributed by atoms with Gasteiger partial charge in [0.05, 0.1) is 12.7 Å². The second-order valence-corrected chi connectivity index (χ2v) is 4.62. The van der Waals surface area contributed by atoms with Crippen molar-refractivity contribution in [3.8, 4) is 0 Å². The molecule has 0 aliphatic heterocycles. The monoisotopic (exact) mass is 287 g/mol. The number of halogens is 1. The van der Waals surface area contributed by atoms with Crippen molar-refractivity contribution in [1.29, 1.82) is 0 Å². The third-order valence-electron chi connectivity index (χ3n) is 2.29. The van der Waals surface area contributed by atoms with Crippen LogP contribution in [0.2, 0.25) is 0 Å². The molecule has 4 heteroatoms. The molecule has 0 aromatic heterocycles. The van der Waals surface area contributed by atoms with Crippen molar-refractivity contribution in [3.05, 3.63) is 28.2 Å². The molecule has 1 aromatic carbocycles. The Morgan fingerprint density at radius 3 is 2.88 bits per heavy atom. The SMILES string of the molecule is COCc1c(Br)cccc1NCCC(C)O. The van der Waals surface area contributed by atoms with Gasteiger partial charge in [0.2, 0.25) is 0 Å². The smallest absolute Gasteiger partial charge is 0.0744 e. The second-order valence-electron chi connectivity index (χ2n) is 3.76. The molecular formula is C12H18BrNO2. The number of aliphatic hydroxyl groups excluding tert-OH is 1. The molecule has 0 amide bonds. The molecule has 0 heterocycles. The van der Waals surface area contributed by atoms with E-state index in [1.807, 2.05) is 18.2 Å². The number of hydrogen-bond acceptors (Lipinski definition) is 3. The van der Waals surface area contributed by atoms with E-state index in [1.165, 1.54) is 0 Å². The van der Waals surface area contributed by atoms with Crippen molar-refractivity contribution in [2.45, 2.75) is 26.1 Å². The lowest BCUT2D eigenvalue weighted by Crippen LogP contribution is -2.11. The molecule has 0 saturated carbocycles. The van der Waals surface area contributed by atoms with Crippen molar-refractivity contribution in [1.82, 2.24) is 0 Å². The molecule has 90 valence electrons. The summed E-state index contributed by atoms with van der Waals surface area (Å²) in [6.07, 6.45) is 0.462. The summed E-state index contributed by atoms with van der Waals surface area (Å²) in [6.45, 7) is 3.11. The third kappa shape index (κ3) is 4.12. The van der Waals surface area contributed by atoms with Crippen LogP contribution in [0.3, 0.4) is 0 Å². The maximum absolute atomic E-state index is 9.18. The van der Waals surface area contributed by atoms with Crippen LogP contribution in [-0.2, 0) is 11.3 Å². The van der Waals surface area contributed by atoms with Gasteiger partial charge in [-0.1, -0.05) is 22.0 Å². The maximum atomic E-state index is 9.18. The first-order valence-corrected chi connectivity index (χ1v) is 6.12. The summed E-state index contributed by atoms with van der Waals surface area (Å²) in [4.78, 5) is 0. The first kappa shape index (κ1) is 13.5. The number of anilines is 1. The molecule has 3 nitrogen and oxygen atoms in total. The van der Waals surface area contributed by atoms with Gasteiger partial charge in [-0.3, -0.25) is 0 Å². The molecule has 0 bridgehead atoms. The fraction of sp³-hybridized carbons (Fsp3) is 0.500. The lowest BCUT2D eigenvalue weighted by Gasteiger charge is -2.13. The van der Waals surface area contributed by atoms with Crippen molar-refractivity contribution in [2.24, 2.45) is 0 Å². The van der Waals surface area contributed by atoms with E-state index in [0.29, 0.717) is 6.61 Å². The topological polar surface area (TPSA) is 41.5 Å². The molecule has 16 heavy (non-hydrogen) atoms. The van der Waals surface area contributed by atoms with Crippen molar-refractivity contribution < 1.29 is 9.84 Å². The average Bonchev–Trinajstić information content (AvgIpc) is 2.22. The minimum atomic E-state index is -0.273. The van der Waals surface area contributed by atoms with Crippen LogP contribution in [0.5, 0.6) is 0 Å². The minimum absolute atomic E-state index is 0.273. The minimum Gasteiger partial charge on any atom is -0.393 e. The second kappa shape index (κ2) is 6.89. The number of benzene rings is 1. The van der Waals surface area contributed by atoms with Crippen LogP contribution in [-0.4, -0.2) is 24.9 Å². The molecule has 0 fully saturated rings. The summed E-state index contributed by atoms with van der Waals surface area (Å²) in [5.41, 5.74) is 2.16. The molecule has 0 aliphatic rings. The zero-order valence-corrected chi connectivity index (χ0v) is 11.3. The zero-order valence-electron chi connectivity index (χ0n) is 9.66. The van der Waals surface area contributed by atoms with Gasteiger partial charge >= 0.3 is 0 Å². The van der Waals surface area contributed by atoms with Crippen molar-refractivity contribution in [2.75, 3.05) is 19.0 Å². The van der Waals surface area contributed by atoms with Gasteiger partial charge in [0.1, 0.15) is 0 Å². The van der Waals surface area contributed by atoms with Crippen LogP contribution >= 0.6 is 15.9 Å². The van der Waals surface area contributed by atoms with Crippen LogP contribution in [0.25, 0.3) is 0 Å². The molecule has 2 N–H and O–H groups in total. The number of rotatable bonds is 6. The number of ether oxygens (including phenoxy) is 1. The fourth-order valence-electron chi connectivity index (χ4n) is 1.43. The van der Waals surface area contributed by atoms with E-state index >= 15 is 0 Å². The number of methoxy groups -OCH3 is 1. The van der Waals surface area contributed by atoms with Crippen molar-refractivity contribution >= 4 is 21.6 Å². The molecule has 1 aromatic rings. The lowest BCUT2D eigenvalue weighted by molar-refractivity contribution is 0.184. The van der Waals surface area contributed by atoms with Gasteiger partial charge in [0.25, 0.3) is 0 Å². The first-order valence-electron chi connectivity index (χ1n) is 5.33. The van der Waals surface area contributed by atoms with Gasteiger partial charge in [-0.15, -0.1) is 0 Å². The van der Waals surface area contributed by atoms with Gasteiger partial charge in [-0.2, -0.15) is 0 Å². The van der Waals surface area contributed by atoms with Gasteiger partial charge in [-0.25, -0.2) is 0 Å². The molecule has 0 spiro atoms. The zero-order chi connectivity index (χ0) is 12.0. The summed E-state index contributed by atoms with van der Waals surface area (Å²) in [7, 11) is 1.68. The Balaban J connectivity index is 2.66. The Kier molecular flexibility index (Phi) is 5.80. The largest absolute Gasteiger partial charge is 0.393 e. The Hall–Kier alpha value is -0.580. The normalized spacial score (nSPS) is 12.5. The van der Waals surface area contributed by atoms with E-state index in [4.69, 9.17) is 4.74 Å². The van der Waals surface area contributed by atoms with E-state index in [-0.39, 0.29) is 6.10 Å². The molecule has 0 aliphatic carbocycles. The number of aliphatic hydroxyl groups is 1. The lowest BCUT2D eigenvalue weighted by atomic mass is 10.2. The molecule has 1 unspecified atom stereocenters. The van der Waals surface area contributed by atoms with E-state index in [0.717, 1.165) is 28.7 Å². The quantitative estimate of drug-likeness (QED) is 0.845. The highest BCUT2D eigenvalue weighted by atomic mass is 79.9. The van der Waals surface area contributed by atoms with Gasteiger partial charge in [0, 0.05) is 29.4 Å². The Bertz CT molecular complexity index is 329. The van der Waals surface area contributed by atoms with Crippen LogP contribution in [0, 0.1) is 0 Å². The van der Waals surface area contributed by atoms with Crippen LogP contribution < -0.4 is 5.32 Å². The average molecular weight is 288 g/mol. The highest BCUT2D eigenvalue weighted by Gasteiger charge is 2.06. The summed E-state index contributed by atoms with van der Waals surface area (Å²) < 4.78 is 6.20. The summed E-state index contributed by atoms with van der Waals surface area (Å²) in [5.74, 6) is 0. The standard InChI is InChI=1S/C12H18BrNO2/c1-9(15)6-7-14-12-5-3-4-11(13)10(12)8-16-2/h3-5,9,14-15H,6-8H2,1-2H3. The Morgan fingerprint density at radius 2 is 2.25 bits per heavy atom. The van der Waals surface area contributed by atoms with Gasteiger partial charge in [0.15, 0.2) is 0 Å². The van der Waals surface area contributed by atoms with Gasteiger partial charge in [-0.05, 0) is 25.5 Å². The maximum Gasteiger partial charge on any atom is 0.0744 e. The third-order valence-corrected chi connectivity index (χ3v) is 3.03. The summed E-state index contributed by atoms with van der Waals surface area (Å²) in [5, 5.41) is 12.5. The van der Waals surface area contributed by atoms with E-state index in [9.17, 15) is 5.11 Å². The predicted octanol–water partition coefficient (Wildman–Crippen LogP) is 2.78. The Morgan fingerprint density at radius 1 is 1.50 bits per heavy atom.